The van der Waals surface area contributed by atoms with Crippen molar-refractivity contribution in [2.45, 2.75) is 32.0 Å². The molecule has 0 saturated carbocycles. The second-order valence-corrected chi connectivity index (χ2v) is 4.48. The van der Waals surface area contributed by atoms with E-state index in [9.17, 15) is 14.7 Å². The van der Waals surface area contributed by atoms with Crippen molar-refractivity contribution in [2.24, 2.45) is 0 Å². The summed E-state index contributed by atoms with van der Waals surface area (Å²) in [5, 5.41) is 10.3. The summed E-state index contributed by atoms with van der Waals surface area (Å²) in [6.07, 6.45) is -0.135. The number of nitrogens with zero attached hydrogens (tertiary/aromatic N) is 1. The Hall–Kier alpha value is -1.88. The average molecular weight is 263 g/mol. The zero-order chi connectivity index (χ0) is 14.0. The number of hydrogen-bond acceptors (Lipinski definition) is 4. The van der Waals surface area contributed by atoms with Gasteiger partial charge in [0, 0.05) is 12.0 Å². The number of aliphatic hydroxyl groups is 1. The third-order valence-electron chi connectivity index (χ3n) is 3.29. The predicted molar refractivity (Wildman–Crippen MR) is 67.9 cm³/mol. The number of carbonyl (C=O) groups is 2. The van der Waals surface area contributed by atoms with Crippen molar-refractivity contribution < 1.29 is 19.4 Å². The fourth-order valence-corrected chi connectivity index (χ4v) is 2.41. The minimum absolute atomic E-state index is 0.249. The Morgan fingerprint density at radius 2 is 1.95 bits per heavy atom. The highest BCUT2D eigenvalue weighted by atomic mass is 16.5. The summed E-state index contributed by atoms with van der Waals surface area (Å²) in [6, 6.07) is 6.14. The largest absolute Gasteiger partial charge is 0.467 e. The Morgan fingerprint density at radius 3 is 2.53 bits per heavy atom. The third kappa shape index (κ3) is 2.21. The number of aliphatic hydroxyl groups excluding tert-OH is 1. The number of carbonyl (C=O) groups excluding carboxylic acids is 2. The molecule has 0 aromatic heterocycles. The highest BCUT2D eigenvalue weighted by molar-refractivity contribution is 5.87. The number of fused-ring (bicyclic) bond motifs is 1. The Balaban J connectivity index is 2.44. The quantitative estimate of drug-likeness (QED) is 0.840. The number of rotatable bonds is 3. The molecule has 102 valence electrons. The topological polar surface area (TPSA) is 66.8 Å². The van der Waals surface area contributed by atoms with Gasteiger partial charge in [-0.1, -0.05) is 31.2 Å². The van der Waals surface area contributed by atoms with Crippen LogP contribution in [0.15, 0.2) is 24.3 Å². The number of hydrogen-bond donors (Lipinski definition) is 1. The van der Waals surface area contributed by atoms with E-state index in [1.165, 1.54) is 12.0 Å². The summed E-state index contributed by atoms with van der Waals surface area (Å²) in [5.41, 5.74) is 1.22. The molecular formula is C14H17NO4. The second-order valence-electron chi connectivity index (χ2n) is 4.48. The van der Waals surface area contributed by atoms with Gasteiger partial charge in [0.15, 0.2) is 12.3 Å². The minimum atomic E-state index is -1.08. The van der Waals surface area contributed by atoms with Gasteiger partial charge in [-0.15, -0.1) is 0 Å². The van der Waals surface area contributed by atoms with Crippen LogP contribution in [0.25, 0.3) is 0 Å². The number of amides is 1. The highest BCUT2D eigenvalue weighted by Gasteiger charge is 2.44. The Bertz CT molecular complexity index is 500. The first-order chi connectivity index (χ1) is 9.11. The summed E-state index contributed by atoms with van der Waals surface area (Å²) in [4.78, 5) is 25.2. The summed E-state index contributed by atoms with van der Waals surface area (Å²) >= 11 is 0. The molecule has 1 aliphatic heterocycles. The summed E-state index contributed by atoms with van der Waals surface area (Å²) in [5.74, 6) is -0.782. The van der Waals surface area contributed by atoms with Crippen molar-refractivity contribution in [1.29, 1.82) is 0 Å². The zero-order valence-corrected chi connectivity index (χ0v) is 11.0. The Labute approximate surface area is 111 Å². The lowest BCUT2D eigenvalue weighted by atomic mass is 10.0. The van der Waals surface area contributed by atoms with E-state index in [-0.39, 0.29) is 5.91 Å². The third-order valence-corrected chi connectivity index (χ3v) is 3.29. The molecule has 5 heteroatoms. The molecule has 0 radical (unpaired) electrons. The van der Waals surface area contributed by atoms with Gasteiger partial charge in [-0.2, -0.15) is 0 Å². The van der Waals surface area contributed by atoms with E-state index in [0.29, 0.717) is 24.0 Å². The van der Waals surface area contributed by atoms with Gasteiger partial charge < -0.3 is 9.84 Å². The smallest absolute Gasteiger partial charge is 0.333 e. The molecule has 1 N–H and O–H groups in total. The molecule has 1 aliphatic rings. The van der Waals surface area contributed by atoms with E-state index < -0.39 is 18.2 Å². The van der Waals surface area contributed by atoms with Crippen molar-refractivity contribution in [2.75, 3.05) is 7.11 Å². The normalized spacial score (nSPS) is 21.1. The van der Waals surface area contributed by atoms with Crippen LogP contribution in [0.1, 0.15) is 43.2 Å². The molecular weight excluding hydrogens is 246 g/mol. The summed E-state index contributed by atoms with van der Waals surface area (Å²) in [6.45, 7) is 1.88. The van der Waals surface area contributed by atoms with Crippen LogP contribution in [0.3, 0.4) is 0 Å². The van der Waals surface area contributed by atoms with Crippen LogP contribution in [0.2, 0.25) is 0 Å². The molecule has 19 heavy (non-hydrogen) atoms. The van der Waals surface area contributed by atoms with E-state index in [0.717, 1.165) is 0 Å². The van der Waals surface area contributed by atoms with Gasteiger partial charge in [-0.05, 0) is 12.0 Å². The van der Waals surface area contributed by atoms with E-state index in [4.69, 9.17) is 4.74 Å². The Kier molecular flexibility index (Phi) is 3.85. The fraction of sp³-hybridized carbons (Fsp3) is 0.429. The zero-order valence-electron chi connectivity index (χ0n) is 11.0. The van der Waals surface area contributed by atoms with Crippen LogP contribution in [0, 0.1) is 0 Å². The SMILES string of the molecule is CCCC(=O)N1C(O)c2ccccc2C1C(=O)OC. The summed E-state index contributed by atoms with van der Waals surface area (Å²) < 4.78 is 4.75. The molecule has 1 aromatic carbocycles. The van der Waals surface area contributed by atoms with E-state index in [1.807, 2.05) is 6.92 Å². The molecule has 2 unspecified atom stereocenters. The number of benzene rings is 1. The van der Waals surface area contributed by atoms with Gasteiger partial charge in [-0.3, -0.25) is 9.69 Å². The standard InChI is InChI=1S/C14H17NO4/c1-3-6-11(16)15-12(14(18)19-2)9-7-4-5-8-10(9)13(15)17/h4-5,7-8,12-13,17H,3,6H2,1-2H3. The first-order valence-corrected chi connectivity index (χ1v) is 6.27. The van der Waals surface area contributed by atoms with Gasteiger partial charge in [0.25, 0.3) is 0 Å². The molecule has 0 bridgehead atoms. The van der Waals surface area contributed by atoms with Gasteiger partial charge in [0.05, 0.1) is 7.11 Å². The van der Waals surface area contributed by atoms with Crippen molar-refractivity contribution in [3.05, 3.63) is 35.4 Å². The highest BCUT2D eigenvalue weighted by Crippen LogP contribution is 2.41. The van der Waals surface area contributed by atoms with Crippen LogP contribution in [-0.2, 0) is 14.3 Å². The predicted octanol–water partition coefficient (Wildman–Crippen LogP) is 1.53. The second kappa shape index (κ2) is 5.40. The van der Waals surface area contributed by atoms with Crippen molar-refractivity contribution in [1.82, 2.24) is 4.90 Å². The maximum absolute atomic E-state index is 12.1. The lowest BCUT2D eigenvalue weighted by molar-refractivity contribution is -0.160. The van der Waals surface area contributed by atoms with E-state index >= 15 is 0 Å². The van der Waals surface area contributed by atoms with Gasteiger partial charge in [-0.25, -0.2) is 4.79 Å². The van der Waals surface area contributed by atoms with Crippen LogP contribution in [0.4, 0.5) is 0 Å². The molecule has 0 spiro atoms. The first-order valence-electron chi connectivity index (χ1n) is 6.27. The number of ether oxygens (including phenoxy) is 1. The molecule has 2 rings (SSSR count). The van der Waals surface area contributed by atoms with Crippen molar-refractivity contribution >= 4 is 11.9 Å². The van der Waals surface area contributed by atoms with Crippen molar-refractivity contribution in [3.63, 3.8) is 0 Å². The van der Waals surface area contributed by atoms with E-state index in [1.54, 1.807) is 24.3 Å². The molecule has 0 saturated heterocycles. The fourth-order valence-electron chi connectivity index (χ4n) is 2.41. The van der Waals surface area contributed by atoms with Gasteiger partial charge >= 0.3 is 5.97 Å². The van der Waals surface area contributed by atoms with Crippen LogP contribution in [0.5, 0.6) is 0 Å². The van der Waals surface area contributed by atoms with E-state index in [2.05, 4.69) is 0 Å². The van der Waals surface area contributed by atoms with Crippen LogP contribution in [-0.4, -0.2) is 29.0 Å². The molecule has 1 heterocycles. The Morgan fingerprint density at radius 1 is 1.32 bits per heavy atom. The van der Waals surface area contributed by atoms with Gasteiger partial charge in [0.1, 0.15) is 0 Å². The lowest BCUT2D eigenvalue weighted by Gasteiger charge is -2.26. The number of esters is 1. The van der Waals surface area contributed by atoms with Gasteiger partial charge in [0.2, 0.25) is 5.91 Å². The maximum atomic E-state index is 12.1. The molecule has 1 amide bonds. The molecule has 5 nitrogen and oxygen atoms in total. The lowest BCUT2D eigenvalue weighted by Crippen LogP contribution is -2.36. The van der Waals surface area contributed by atoms with Crippen molar-refractivity contribution in [3.8, 4) is 0 Å². The molecule has 1 aromatic rings. The first kappa shape index (κ1) is 13.5. The molecule has 0 aliphatic carbocycles. The number of methoxy groups -OCH3 is 1. The monoisotopic (exact) mass is 263 g/mol. The molecule has 2 atom stereocenters. The average Bonchev–Trinajstić information content (AvgIpc) is 2.72. The maximum Gasteiger partial charge on any atom is 0.333 e. The molecule has 0 fully saturated rings. The minimum Gasteiger partial charge on any atom is -0.467 e. The van der Waals surface area contributed by atoms with Crippen LogP contribution >= 0.6 is 0 Å². The summed E-state index contributed by atoms with van der Waals surface area (Å²) in [7, 11) is 1.28. The van der Waals surface area contributed by atoms with Crippen LogP contribution < -0.4 is 0 Å².